The highest BCUT2D eigenvalue weighted by Crippen LogP contribution is 2.46. The monoisotopic (exact) mass is 1920 g/mol. The van der Waals surface area contributed by atoms with Crippen LogP contribution in [0, 0.1) is 41.5 Å². The molecule has 0 spiro atoms. The first-order valence-corrected chi connectivity index (χ1v) is 51.8. The summed E-state index contributed by atoms with van der Waals surface area (Å²) in [6.45, 7) is 12.9. The van der Waals surface area contributed by atoms with Gasteiger partial charge in [0.2, 0.25) is 0 Å². The second kappa shape index (κ2) is 49.7. The Labute approximate surface area is 887 Å². The van der Waals surface area contributed by atoms with Crippen LogP contribution in [0.15, 0.2) is 619 Å². The lowest BCUT2D eigenvalue weighted by molar-refractivity contribution is 1.45. The van der Waals surface area contributed by atoms with Crippen molar-refractivity contribution in [1.29, 1.82) is 0 Å². The van der Waals surface area contributed by atoms with E-state index in [-0.39, 0.29) is 0 Å². The van der Waals surface area contributed by atoms with Gasteiger partial charge in [-0.2, -0.15) is 0 Å². The second-order valence-corrected chi connectivity index (χ2v) is 38.0. The maximum absolute atomic E-state index is 2.30. The molecule has 0 heteroatoms. The van der Waals surface area contributed by atoms with Crippen LogP contribution in [0.2, 0.25) is 0 Å². The number of benzene rings is 24. The Bertz CT molecular complexity index is 8390. The van der Waals surface area contributed by atoms with E-state index in [2.05, 4.69) is 660 Å². The molecule has 0 aromatic heterocycles. The second-order valence-electron chi connectivity index (χ2n) is 38.0. The zero-order valence-electron chi connectivity index (χ0n) is 85.9. The molecule has 0 amide bonds. The number of hydrogen-bond donors (Lipinski definition) is 0. The minimum absolute atomic E-state index is 1.24. The van der Waals surface area contributed by atoms with Crippen molar-refractivity contribution in [2.75, 3.05) is 0 Å². The van der Waals surface area contributed by atoms with Gasteiger partial charge in [-0.3, -0.25) is 0 Å². The van der Waals surface area contributed by atoms with Crippen LogP contribution >= 0.6 is 0 Å². The topological polar surface area (TPSA) is 0 Å². The molecule has 0 nitrogen and oxygen atoms in total. The van der Waals surface area contributed by atoms with E-state index in [1.807, 2.05) is 0 Å². The summed E-state index contributed by atoms with van der Waals surface area (Å²) in [5.41, 5.74) is 53.2. The molecule has 24 aromatic rings. The largest absolute Gasteiger partial charge is 0.0622 e. The lowest BCUT2D eigenvalue weighted by Gasteiger charge is -2.17. The van der Waals surface area contributed by atoms with Crippen LogP contribution in [0.3, 0.4) is 0 Å². The van der Waals surface area contributed by atoms with E-state index in [4.69, 9.17) is 0 Å². The van der Waals surface area contributed by atoms with Gasteiger partial charge >= 0.3 is 0 Å². The van der Waals surface area contributed by atoms with Crippen molar-refractivity contribution in [3.63, 3.8) is 0 Å². The highest BCUT2D eigenvalue weighted by molar-refractivity contribution is 5.97. The summed E-state index contributed by atoms with van der Waals surface area (Å²) in [5.74, 6) is 0. The Morgan fingerprint density at radius 3 is 0.613 bits per heavy atom. The van der Waals surface area contributed by atoms with Crippen molar-refractivity contribution < 1.29 is 0 Å². The molecule has 0 saturated heterocycles. The van der Waals surface area contributed by atoms with Gasteiger partial charge in [-0.1, -0.05) is 605 Å². The van der Waals surface area contributed by atoms with Gasteiger partial charge in [0, 0.05) is 0 Å². The van der Waals surface area contributed by atoms with Crippen molar-refractivity contribution in [1.82, 2.24) is 0 Å². The van der Waals surface area contributed by atoms with E-state index in [0.717, 1.165) is 0 Å². The molecule has 0 bridgehead atoms. The van der Waals surface area contributed by atoms with Crippen LogP contribution < -0.4 is 0 Å². The van der Waals surface area contributed by atoms with Crippen LogP contribution in [-0.2, 0) is 0 Å². The van der Waals surface area contributed by atoms with Gasteiger partial charge in [0.05, 0.1) is 0 Å². The van der Waals surface area contributed by atoms with Crippen LogP contribution in [-0.4, -0.2) is 0 Å². The highest BCUT2D eigenvalue weighted by atomic mass is 14.2. The summed E-state index contributed by atoms with van der Waals surface area (Å²) in [4.78, 5) is 0. The predicted molar refractivity (Wildman–Crippen MR) is 645 cm³/mol. The predicted octanol–water partition coefficient (Wildman–Crippen LogP) is 42.0. The molecular weight excluding hydrogens is 1800 g/mol. The molecule has 0 saturated carbocycles. The Morgan fingerprint density at radius 1 is 0.0800 bits per heavy atom. The van der Waals surface area contributed by atoms with Crippen LogP contribution in [0.5, 0.6) is 0 Å². The first-order chi connectivity index (χ1) is 73.9. The van der Waals surface area contributed by atoms with Crippen molar-refractivity contribution in [2.24, 2.45) is 0 Å². The first kappa shape index (κ1) is 100.0. The maximum atomic E-state index is 2.30. The van der Waals surface area contributed by atoms with E-state index in [9.17, 15) is 0 Å². The quantitative estimate of drug-likeness (QED) is 0.0803. The molecule has 0 fully saturated rings. The summed E-state index contributed by atoms with van der Waals surface area (Å²) >= 11 is 0. The minimum atomic E-state index is 1.24. The van der Waals surface area contributed by atoms with Crippen LogP contribution in [0.4, 0.5) is 0 Å². The number of rotatable bonds is 18. The van der Waals surface area contributed by atoms with Crippen molar-refractivity contribution >= 4 is 0 Å². The normalized spacial score (nSPS) is 10.6. The molecule has 0 atom stereocenters. The third-order valence-electron chi connectivity index (χ3n) is 27.5. The molecule has 24 aromatic carbocycles. The summed E-state index contributed by atoms with van der Waals surface area (Å²) in [6.07, 6.45) is 0. The molecule has 24 rings (SSSR count). The zero-order chi connectivity index (χ0) is 102. The van der Waals surface area contributed by atoms with Gasteiger partial charge in [0.25, 0.3) is 0 Å². The van der Waals surface area contributed by atoms with E-state index < -0.39 is 0 Å². The molecule has 0 N–H and O–H groups in total. The molecule has 0 radical (unpaired) electrons. The van der Waals surface area contributed by atoms with E-state index in [0.29, 0.717) is 0 Å². The Hall–Kier alpha value is -18.7. The molecule has 0 heterocycles. The fourth-order valence-corrected chi connectivity index (χ4v) is 19.9. The van der Waals surface area contributed by atoms with Crippen LogP contribution in [0.25, 0.3) is 200 Å². The van der Waals surface area contributed by atoms with Crippen molar-refractivity contribution in [3.8, 4) is 200 Å². The minimum Gasteiger partial charge on any atom is -0.0622 e. The van der Waals surface area contributed by atoms with E-state index in [1.54, 1.807) is 0 Å². The molecule has 0 unspecified atom stereocenters. The van der Waals surface area contributed by atoms with Gasteiger partial charge < -0.3 is 0 Å². The molecule has 150 heavy (non-hydrogen) atoms. The molecule has 0 aliphatic rings. The number of aryl methyl sites for hydroxylation is 6. The Morgan fingerprint density at radius 2 is 0.280 bits per heavy atom. The summed E-state index contributed by atoms with van der Waals surface area (Å²) < 4.78 is 0. The maximum Gasteiger partial charge on any atom is -0.00699 e. The Balaban J connectivity index is 0.000000113. The lowest BCUT2D eigenvalue weighted by Crippen LogP contribution is -1.92. The van der Waals surface area contributed by atoms with Crippen molar-refractivity contribution in [3.05, 3.63) is 652 Å². The molecule has 0 aliphatic heterocycles. The Kier molecular flexibility index (Phi) is 33.1. The average Bonchev–Trinajstić information content (AvgIpc) is 1.02. The van der Waals surface area contributed by atoms with Crippen LogP contribution in [0.1, 0.15) is 33.4 Å². The smallest absolute Gasteiger partial charge is 0.00699 e. The summed E-state index contributed by atoms with van der Waals surface area (Å²) in [7, 11) is 0. The summed E-state index contributed by atoms with van der Waals surface area (Å²) in [5, 5.41) is 0. The van der Waals surface area contributed by atoms with Gasteiger partial charge in [-0.05, 0) is 289 Å². The van der Waals surface area contributed by atoms with Gasteiger partial charge in [0.1, 0.15) is 0 Å². The first-order valence-electron chi connectivity index (χ1n) is 51.8. The third kappa shape index (κ3) is 25.1. The fraction of sp³-hybridized carbons (Fsp3) is 0.0400. The van der Waals surface area contributed by atoms with Gasteiger partial charge in [-0.25, -0.2) is 0 Å². The molecule has 720 valence electrons. The third-order valence-corrected chi connectivity index (χ3v) is 27.5. The summed E-state index contributed by atoms with van der Waals surface area (Å²) in [6, 6.07) is 220. The number of hydrogen-bond acceptors (Lipinski definition) is 0. The molecular formula is C150H120. The zero-order valence-corrected chi connectivity index (χ0v) is 85.9. The fourth-order valence-electron chi connectivity index (χ4n) is 19.9. The van der Waals surface area contributed by atoms with E-state index >= 15 is 0 Å². The average molecular weight is 1920 g/mol. The van der Waals surface area contributed by atoms with Gasteiger partial charge in [-0.15, -0.1) is 0 Å². The molecule has 0 aliphatic carbocycles. The van der Waals surface area contributed by atoms with Gasteiger partial charge in [0.15, 0.2) is 0 Å². The standard InChI is InChI=1S/6C25H20/c1-19-11-10-18-23(21-14-6-3-7-15-21)25(19)24-17-9-8-16-22(24)20-12-4-2-5-13-20;1-19-10-8-9-15-25(19)24-17-22(20-11-4-2-5-12-20)16-23(18-24)21-13-6-3-7-14-21;1-19-9-8-14-22(15-19)25-17-23(20-10-4-2-5-11-20)16-24(18-25)21-12-6-3-7-13-21;1-19-16-17-23(21-12-6-3-7-13-21)25(18-19)24-15-9-8-14-22(24)20-10-4-2-5-11-20;1-19-10-9-13-21(18-19)23-15-6-8-17-25(23)24-16-7-5-14-22(24)20-11-3-2-4-12-20;1-19-15-17-21(18-16-19)23-12-6-8-14-25(23)24-13-7-5-11-22(24)20-9-3-2-4-10-20/h6*2-18H,1H3. The van der Waals surface area contributed by atoms with E-state index in [1.165, 1.54) is 234 Å². The SMILES string of the molecule is Cc1ccc(-c2ccccc2)c(-c2ccccc2-c2ccccc2)c1.Cc1ccc(-c2ccccc2-c2ccccc2-c2ccccc2)cc1.Cc1cccc(-c2cc(-c3ccccc3)cc(-c3ccccc3)c2)c1.Cc1cccc(-c2ccccc2)c1-c1ccccc1-c1ccccc1.Cc1cccc(-c2ccccc2-c2ccccc2-c2ccccc2)c1.Cc1ccccc1-c1cc(-c2ccccc2)cc(-c2ccccc2)c1. The lowest BCUT2D eigenvalue weighted by atomic mass is 9.87. The van der Waals surface area contributed by atoms with Crippen molar-refractivity contribution in [2.45, 2.75) is 41.5 Å². The highest BCUT2D eigenvalue weighted by Gasteiger charge is 2.20.